The monoisotopic (exact) mass is 297 g/mol. The van der Waals surface area contributed by atoms with Crippen LogP contribution in [0.15, 0.2) is 29.4 Å². The van der Waals surface area contributed by atoms with Crippen molar-refractivity contribution in [1.82, 2.24) is 0 Å². The van der Waals surface area contributed by atoms with Gasteiger partial charge in [-0.2, -0.15) is 0 Å². The minimum Gasteiger partial charge on any atom is -0.491 e. The lowest BCUT2D eigenvalue weighted by atomic mass is 10.1. The third-order valence-electron chi connectivity index (χ3n) is 2.84. The standard InChI is InChI=1S/C15H23NO5/c1-11(8-19-3)20-9-14(17)10-21-15-6-4-13(5-7-15)12(2)16-18/h4-7,11,14,17-18H,8-10H2,1-3H3/b16-12+. The Morgan fingerprint density at radius 2 is 1.86 bits per heavy atom. The number of ether oxygens (including phenoxy) is 3. The molecule has 0 bridgehead atoms. The van der Waals surface area contributed by atoms with Gasteiger partial charge in [-0.05, 0) is 43.7 Å². The predicted octanol–water partition coefficient (Wildman–Crippen LogP) is 1.68. The van der Waals surface area contributed by atoms with E-state index in [9.17, 15) is 5.11 Å². The molecule has 1 aromatic rings. The van der Waals surface area contributed by atoms with Gasteiger partial charge in [-0.3, -0.25) is 0 Å². The zero-order chi connectivity index (χ0) is 15.7. The van der Waals surface area contributed by atoms with E-state index in [-0.39, 0.29) is 19.3 Å². The Balaban J connectivity index is 2.34. The van der Waals surface area contributed by atoms with Crippen LogP contribution in [0.2, 0.25) is 0 Å². The van der Waals surface area contributed by atoms with E-state index in [1.54, 1.807) is 38.3 Å². The molecule has 2 unspecified atom stereocenters. The summed E-state index contributed by atoms with van der Waals surface area (Å²) < 4.78 is 15.8. The minimum atomic E-state index is -0.704. The van der Waals surface area contributed by atoms with Crippen LogP contribution in [0.3, 0.4) is 0 Å². The molecule has 118 valence electrons. The van der Waals surface area contributed by atoms with Gasteiger partial charge in [0.1, 0.15) is 18.5 Å². The second-order valence-corrected chi connectivity index (χ2v) is 4.77. The number of hydrogen-bond donors (Lipinski definition) is 2. The smallest absolute Gasteiger partial charge is 0.119 e. The highest BCUT2D eigenvalue weighted by Gasteiger charge is 2.09. The summed E-state index contributed by atoms with van der Waals surface area (Å²) in [5.41, 5.74) is 1.34. The van der Waals surface area contributed by atoms with Crippen molar-refractivity contribution in [1.29, 1.82) is 0 Å². The zero-order valence-electron chi connectivity index (χ0n) is 12.7. The van der Waals surface area contributed by atoms with Gasteiger partial charge in [-0.15, -0.1) is 0 Å². The Bertz CT molecular complexity index is 432. The fourth-order valence-electron chi connectivity index (χ4n) is 1.65. The number of aliphatic hydroxyl groups is 1. The molecule has 6 nitrogen and oxygen atoms in total. The molecule has 1 rings (SSSR count). The first-order chi connectivity index (χ1) is 10.1. The lowest BCUT2D eigenvalue weighted by molar-refractivity contribution is -0.0423. The largest absolute Gasteiger partial charge is 0.491 e. The lowest BCUT2D eigenvalue weighted by Crippen LogP contribution is -2.27. The summed E-state index contributed by atoms with van der Waals surface area (Å²) in [5, 5.41) is 21.6. The number of rotatable bonds is 9. The average molecular weight is 297 g/mol. The Kier molecular flexibility index (Phi) is 7.74. The molecule has 0 saturated heterocycles. The second-order valence-electron chi connectivity index (χ2n) is 4.77. The molecule has 0 radical (unpaired) electrons. The highest BCUT2D eigenvalue weighted by molar-refractivity contribution is 5.98. The van der Waals surface area contributed by atoms with Crippen molar-refractivity contribution < 1.29 is 24.5 Å². The number of hydrogen-bond acceptors (Lipinski definition) is 6. The van der Waals surface area contributed by atoms with Crippen LogP contribution >= 0.6 is 0 Å². The molecule has 0 aromatic heterocycles. The molecule has 0 aliphatic heterocycles. The predicted molar refractivity (Wildman–Crippen MR) is 79.2 cm³/mol. The van der Waals surface area contributed by atoms with Gasteiger partial charge in [0.25, 0.3) is 0 Å². The maximum atomic E-state index is 9.77. The van der Waals surface area contributed by atoms with Crippen LogP contribution in [-0.4, -0.2) is 55.2 Å². The molecular weight excluding hydrogens is 274 g/mol. The third kappa shape index (κ3) is 6.57. The van der Waals surface area contributed by atoms with Crippen molar-refractivity contribution in [3.05, 3.63) is 29.8 Å². The molecule has 0 fully saturated rings. The van der Waals surface area contributed by atoms with E-state index < -0.39 is 6.10 Å². The summed E-state index contributed by atoms with van der Waals surface area (Å²) >= 11 is 0. The summed E-state index contributed by atoms with van der Waals surface area (Å²) in [4.78, 5) is 0. The molecule has 0 saturated carbocycles. The number of oxime groups is 1. The minimum absolute atomic E-state index is 0.0651. The van der Waals surface area contributed by atoms with E-state index in [4.69, 9.17) is 19.4 Å². The summed E-state index contributed by atoms with van der Waals surface area (Å²) in [6.45, 7) is 4.41. The van der Waals surface area contributed by atoms with E-state index >= 15 is 0 Å². The fourth-order valence-corrected chi connectivity index (χ4v) is 1.65. The summed E-state index contributed by atoms with van der Waals surface area (Å²) in [7, 11) is 1.60. The van der Waals surface area contributed by atoms with Gasteiger partial charge in [-0.25, -0.2) is 0 Å². The topological polar surface area (TPSA) is 80.5 Å². The Morgan fingerprint density at radius 1 is 1.19 bits per heavy atom. The molecule has 0 heterocycles. The third-order valence-corrected chi connectivity index (χ3v) is 2.84. The van der Waals surface area contributed by atoms with Gasteiger partial charge in [-0.1, -0.05) is 5.16 Å². The molecule has 0 aliphatic rings. The summed E-state index contributed by atoms with van der Waals surface area (Å²) in [6.07, 6.45) is -0.769. The normalized spacial score (nSPS) is 14.8. The average Bonchev–Trinajstić information content (AvgIpc) is 2.51. The molecule has 21 heavy (non-hydrogen) atoms. The summed E-state index contributed by atoms with van der Waals surface area (Å²) in [6, 6.07) is 7.08. The van der Waals surface area contributed by atoms with Crippen molar-refractivity contribution in [3.63, 3.8) is 0 Å². The van der Waals surface area contributed by atoms with Gasteiger partial charge < -0.3 is 24.5 Å². The van der Waals surface area contributed by atoms with Crippen LogP contribution in [-0.2, 0) is 9.47 Å². The van der Waals surface area contributed by atoms with Crippen molar-refractivity contribution in [2.75, 3.05) is 26.9 Å². The maximum Gasteiger partial charge on any atom is 0.119 e. The van der Waals surface area contributed by atoms with Crippen molar-refractivity contribution in [2.24, 2.45) is 5.16 Å². The number of methoxy groups -OCH3 is 1. The van der Waals surface area contributed by atoms with Crippen LogP contribution < -0.4 is 4.74 Å². The van der Waals surface area contributed by atoms with Gasteiger partial charge in [0, 0.05) is 7.11 Å². The van der Waals surface area contributed by atoms with Gasteiger partial charge in [0.2, 0.25) is 0 Å². The van der Waals surface area contributed by atoms with Crippen molar-refractivity contribution in [2.45, 2.75) is 26.1 Å². The molecule has 2 atom stereocenters. The first-order valence-corrected chi connectivity index (χ1v) is 6.77. The van der Waals surface area contributed by atoms with E-state index in [1.165, 1.54) is 0 Å². The molecule has 1 aromatic carbocycles. The second kappa shape index (κ2) is 9.33. The number of aliphatic hydroxyl groups excluding tert-OH is 1. The van der Waals surface area contributed by atoms with Gasteiger partial charge in [0.05, 0.1) is 25.0 Å². The molecular formula is C15H23NO5. The zero-order valence-corrected chi connectivity index (χ0v) is 12.7. The van der Waals surface area contributed by atoms with E-state index in [2.05, 4.69) is 5.16 Å². The van der Waals surface area contributed by atoms with E-state index in [0.717, 1.165) is 5.56 Å². The maximum absolute atomic E-state index is 9.77. The molecule has 6 heteroatoms. The van der Waals surface area contributed by atoms with Crippen LogP contribution in [0.5, 0.6) is 5.75 Å². The first-order valence-electron chi connectivity index (χ1n) is 6.77. The number of nitrogens with zero attached hydrogens (tertiary/aromatic N) is 1. The Hall–Kier alpha value is -1.63. The highest BCUT2D eigenvalue weighted by atomic mass is 16.5. The van der Waals surface area contributed by atoms with E-state index in [0.29, 0.717) is 18.1 Å². The number of benzene rings is 1. The van der Waals surface area contributed by atoms with Crippen LogP contribution in [0.1, 0.15) is 19.4 Å². The first kappa shape index (κ1) is 17.4. The van der Waals surface area contributed by atoms with Crippen LogP contribution in [0.4, 0.5) is 0 Å². The molecule has 0 spiro atoms. The Morgan fingerprint density at radius 3 is 2.43 bits per heavy atom. The molecule has 0 amide bonds. The highest BCUT2D eigenvalue weighted by Crippen LogP contribution is 2.13. The van der Waals surface area contributed by atoms with Crippen molar-refractivity contribution in [3.8, 4) is 5.75 Å². The van der Waals surface area contributed by atoms with E-state index in [1.807, 2.05) is 6.92 Å². The lowest BCUT2D eigenvalue weighted by Gasteiger charge is -2.16. The SMILES string of the molecule is COCC(C)OCC(O)COc1ccc(/C(C)=N/O)cc1. The van der Waals surface area contributed by atoms with Crippen molar-refractivity contribution >= 4 is 5.71 Å². The van der Waals surface area contributed by atoms with Crippen LogP contribution in [0.25, 0.3) is 0 Å². The van der Waals surface area contributed by atoms with Crippen LogP contribution in [0, 0.1) is 0 Å². The molecule has 0 aliphatic carbocycles. The summed E-state index contributed by atoms with van der Waals surface area (Å²) in [5.74, 6) is 0.633. The quantitative estimate of drug-likeness (QED) is 0.412. The Labute approximate surface area is 124 Å². The van der Waals surface area contributed by atoms with Gasteiger partial charge in [0.15, 0.2) is 0 Å². The van der Waals surface area contributed by atoms with Gasteiger partial charge >= 0.3 is 0 Å². The molecule has 2 N–H and O–H groups in total. The fraction of sp³-hybridized carbons (Fsp3) is 0.533.